The van der Waals surface area contributed by atoms with Crippen LogP contribution in [0.2, 0.25) is 0 Å². The van der Waals surface area contributed by atoms with Crippen LogP contribution >= 0.6 is 0 Å². The Hall–Kier alpha value is -4.51. The number of nitrogens with zero attached hydrogens (tertiary/aromatic N) is 3. The van der Waals surface area contributed by atoms with Crippen LogP contribution in [0.3, 0.4) is 0 Å². The van der Waals surface area contributed by atoms with Crippen LogP contribution in [0.15, 0.2) is 96.2 Å². The van der Waals surface area contributed by atoms with Crippen molar-refractivity contribution in [3.05, 3.63) is 112 Å². The molecule has 3 aromatic carbocycles. The van der Waals surface area contributed by atoms with Gasteiger partial charge in [-0.05, 0) is 54.1 Å². The molecule has 0 saturated heterocycles. The first-order valence-electron chi connectivity index (χ1n) is 9.97. The summed E-state index contributed by atoms with van der Waals surface area (Å²) in [7, 11) is -4.29. The smallest absolute Gasteiger partial charge is 0.339 e. The van der Waals surface area contributed by atoms with Gasteiger partial charge in [-0.2, -0.15) is 13.5 Å². The molecule has 1 N–H and O–H groups in total. The minimum atomic E-state index is -4.29. The minimum absolute atomic E-state index is 0.0377. The van der Waals surface area contributed by atoms with E-state index in [2.05, 4.69) is 10.4 Å². The van der Waals surface area contributed by atoms with E-state index in [0.29, 0.717) is 12.2 Å². The number of nitro groups is 1. The van der Waals surface area contributed by atoms with Crippen LogP contribution in [0, 0.1) is 10.1 Å². The number of non-ortho nitro benzene ring substituents is 1. The summed E-state index contributed by atoms with van der Waals surface area (Å²) >= 11 is 0. The highest BCUT2D eigenvalue weighted by Crippen LogP contribution is 2.23. The van der Waals surface area contributed by atoms with Crippen LogP contribution in [0.1, 0.15) is 15.9 Å². The van der Waals surface area contributed by atoms with Crippen LogP contribution in [0.4, 0.5) is 11.4 Å². The molecule has 4 rings (SSSR count). The van der Waals surface area contributed by atoms with Gasteiger partial charge in [-0.15, -0.1) is 0 Å². The zero-order valence-electron chi connectivity index (χ0n) is 17.6. The Morgan fingerprint density at radius 2 is 1.79 bits per heavy atom. The average Bonchev–Trinajstić information content (AvgIpc) is 3.32. The summed E-state index contributed by atoms with van der Waals surface area (Å²) < 4.78 is 31.7. The van der Waals surface area contributed by atoms with Gasteiger partial charge in [0.25, 0.3) is 11.6 Å². The first-order chi connectivity index (χ1) is 16.3. The van der Waals surface area contributed by atoms with Crippen molar-refractivity contribution in [2.75, 3.05) is 5.32 Å². The lowest BCUT2D eigenvalue weighted by molar-refractivity contribution is -0.385. The van der Waals surface area contributed by atoms with E-state index in [1.54, 1.807) is 16.9 Å². The molecular formula is C23H18N4O6S. The van der Waals surface area contributed by atoms with E-state index < -0.39 is 15.0 Å². The number of rotatable bonds is 8. The fourth-order valence-electron chi connectivity index (χ4n) is 3.12. The Balaban J connectivity index is 1.43. The molecule has 1 amide bonds. The standard InChI is InChI=1S/C23H18N4O6S/c28-23(25-19-5-1-4-17(14-19)16-26-13-3-12-24-26)18-8-10-21(11-9-18)33-34(31,32)22-7-2-6-20(15-22)27(29)30/h1-15H,16H2,(H,25,28). The van der Waals surface area contributed by atoms with E-state index in [4.69, 9.17) is 4.18 Å². The van der Waals surface area contributed by atoms with Crippen molar-refractivity contribution in [3.8, 4) is 5.75 Å². The normalized spacial score (nSPS) is 11.1. The maximum Gasteiger partial charge on any atom is 0.339 e. The molecule has 34 heavy (non-hydrogen) atoms. The molecule has 1 aromatic heterocycles. The molecule has 0 aliphatic heterocycles. The highest BCUT2D eigenvalue weighted by molar-refractivity contribution is 7.87. The highest BCUT2D eigenvalue weighted by Gasteiger charge is 2.20. The van der Waals surface area contributed by atoms with Gasteiger partial charge in [-0.3, -0.25) is 19.6 Å². The van der Waals surface area contributed by atoms with E-state index >= 15 is 0 Å². The van der Waals surface area contributed by atoms with Crippen LogP contribution in [-0.2, 0) is 16.7 Å². The number of nitrogens with one attached hydrogen (secondary N) is 1. The number of aromatic nitrogens is 2. The highest BCUT2D eigenvalue weighted by atomic mass is 32.2. The van der Waals surface area contributed by atoms with Gasteiger partial charge >= 0.3 is 10.1 Å². The van der Waals surface area contributed by atoms with Crippen molar-refractivity contribution in [1.82, 2.24) is 9.78 Å². The predicted molar refractivity (Wildman–Crippen MR) is 123 cm³/mol. The fourth-order valence-corrected chi connectivity index (χ4v) is 4.09. The number of carbonyl (C=O) groups excluding carboxylic acids is 1. The molecule has 0 aliphatic rings. The molecule has 0 atom stereocenters. The van der Waals surface area contributed by atoms with Crippen LogP contribution in [0.25, 0.3) is 0 Å². The van der Waals surface area contributed by atoms with Crippen molar-refractivity contribution >= 4 is 27.4 Å². The van der Waals surface area contributed by atoms with Crippen LogP contribution in [0.5, 0.6) is 5.75 Å². The molecule has 1 heterocycles. The van der Waals surface area contributed by atoms with Crippen molar-refractivity contribution in [1.29, 1.82) is 0 Å². The molecule has 11 heteroatoms. The van der Waals surface area contributed by atoms with Gasteiger partial charge in [0.1, 0.15) is 10.6 Å². The number of hydrogen-bond acceptors (Lipinski definition) is 7. The van der Waals surface area contributed by atoms with Gasteiger partial charge in [-0.1, -0.05) is 18.2 Å². The van der Waals surface area contributed by atoms with Gasteiger partial charge in [0.2, 0.25) is 0 Å². The van der Waals surface area contributed by atoms with Crippen molar-refractivity contribution < 1.29 is 22.3 Å². The third-order valence-corrected chi connectivity index (χ3v) is 5.97. The predicted octanol–water partition coefficient (Wildman–Crippen LogP) is 3.86. The third-order valence-electron chi connectivity index (χ3n) is 4.73. The van der Waals surface area contributed by atoms with Crippen LogP contribution < -0.4 is 9.50 Å². The van der Waals surface area contributed by atoms with Gasteiger partial charge < -0.3 is 9.50 Å². The number of amides is 1. The second kappa shape index (κ2) is 9.55. The largest absolute Gasteiger partial charge is 0.379 e. The minimum Gasteiger partial charge on any atom is -0.379 e. The lowest BCUT2D eigenvalue weighted by atomic mass is 10.1. The summed E-state index contributed by atoms with van der Waals surface area (Å²) in [6, 6.07) is 19.2. The van der Waals surface area contributed by atoms with Gasteiger partial charge in [0.05, 0.1) is 11.5 Å². The second-order valence-electron chi connectivity index (χ2n) is 7.17. The van der Waals surface area contributed by atoms with E-state index in [1.807, 2.05) is 30.5 Å². The maximum absolute atomic E-state index is 12.6. The zero-order chi connectivity index (χ0) is 24.1. The first kappa shape index (κ1) is 22.7. The van der Waals surface area contributed by atoms with E-state index in [9.17, 15) is 23.3 Å². The Bertz CT molecular complexity index is 1430. The monoisotopic (exact) mass is 478 g/mol. The quantitative estimate of drug-likeness (QED) is 0.231. The third kappa shape index (κ3) is 5.45. The Labute approximate surface area is 194 Å². The zero-order valence-corrected chi connectivity index (χ0v) is 18.4. The molecule has 172 valence electrons. The Morgan fingerprint density at radius 3 is 2.50 bits per heavy atom. The average molecular weight is 478 g/mol. The molecule has 0 aliphatic carbocycles. The molecule has 0 bridgehead atoms. The lowest BCUT2D eigenvalue weighted by Crippen LogP contribution is -2.13. The van der Waals surface area contributed by atoms with Crippen molar-refractivity contribution in [3.63, 3.8) is 0 Å². The van der Waals surface area contributed by atoms with Crippen molar-refractivity contribution in [2.45, 2.75) is 11.4 Å². The number of nitro benzene ring substituents is 1. The molecule has 0 fully saturated rings. The molecule has 10 nitrogen and oxygen atoms in total. The lowest BCUT2D eigenvalue weighted by Gasteiger charge is -2.09. The number of carbonyl (C=O) groups is 1. The molecule has 0 saturated carbocycles. The summed E-state index contributed by atoms with van der Waals surface area (Å²) in [6.07, 6.45) is 3.53. The Morgan fingerprint density at radius 1 is 1.03 bits per heavy atom. The summed E-state index contributed by atoms with van der Waals surface area (Å²) in [6.45, 7) is 0.557. The SMILES string of the molecule is O=C(Nc1cccc(Cn2cccn2)c1)c1ccc(OS(=O)(=O)c2cccc([N+](=O)[O-])c2)cc1. The number of benzene rings is 3. The summed E-state index contributed by atoms with van der Waals surface area (Å²) in [4.78, 5) is 22.5. The van der Waals surface area contributed by atoms with Crippen LogP contribution in [-0.4, -0.2) is 29.0 Å². The molecular weight excluding hydrogens is 460 g/mol. The summed E-state index contributed by atoms with van der Waals surface area (Å²) in [5.74, 6) is -0.423. The topological polar surface area (TPSA) is 133 Å². The summed E-state index contributed by atoms with van der Waals surface area (Å²) in [5, 5.41) is 17.8. The Kier molecular flexibility index (Phi) is 6.37. The fraction of sp³-hybridized carbons (Fsp3) is 0.0435. The molecule has 4 aromatic rings. The first-order valence-corrected chi connectivity index (χ1v) is 11.4. The number of hydrogen-bond donors (Lipinski definition) is 1. The van der Waals surface area contributed by atoms with Gasteiger partial charge in [-0.25, -0.2) is 0 Å². The molecule has 0 spiro atoms. The van der Waals surface area contributed by atoms with Gasteiger partial charge in [0, 0.05) is 35.8 Å². The van der Waals surface area contributed by atoms with E-state index in [1.165, 1.54) is 42.5 Å². The molecule has 0 radical (unpaired) electrons. The molecule has 0 unspecified atom stereocenters. The van der Waals surface area contributed by atoms with Crippen molar-refractivity contribution in [2.24, 2.45) is 0 Å². The van der Waals surface area contributed by atoms with E-state index in [0.717, 1.165) is 11.6 Å². The van der Waals surface area contributed by atoms with Gasteiger partial charge in [0.15, 0.2) is 0 Å². The maximum atomic E-state index is 12.6. The number of anilines is 1. The van der Waals surface area contributed by atoms with E-state index in [-0.39, 0.29) is 27.8 Å². The summed E-state index contributed by atoms with van der Waals surface area (Å²) in [5.41, 5.74) is 1.47. The second-order valence-corrected chi connectivity index (χ2v) is 8.72.